The number of para-hydroxylation sites is 1. The zero-order chi connectivity index (χ0) is 23.9. The molecule has 0 bridgehead atoms. The Bertz CT molecular complexity index is 1090. The van der Waals surface area contributed by atoms with Gasteiger partial charge in [0.2, 0.25) is 11.8 Å². The van der Waals surface area contributed by atoms with Crippen LogP contribution in [-0.2, 0) is 29.6 Å². The highest BCUT2D eigenvalue weighted by Crippen LogP contribution is 2.29. The van der Waals surface area contributed by atoms with Gasteiger partial charge in [0, 0.05) is 35.4 Å². The second kappa shape index (κ2) is 11.4. The number of nitrogens with one attached hydrogen (secondary N) is 1. The SMILES string of the molecule is COc1ccccc1CN(C(=O)Cc1cccs1)[C@H](C(=O)NC1CCCCC1)c1cccn1C. The van der Waals surface area contributed by atoms with Crippen LogP contribution < -0.4 is 10.1 Å². The summed E-state index contributed by atoms with van der Waals surface area (Å²) in [6.07, 6.45) is 7.62. The van der Waals surface area contributed by atoms with Crippen molar-refractivity contribution in [2.45, 2.75) is 57.2 Å². The van der Waals surface area contributed by atoms with Gasteiger partial charge >= 0.3 is 0 Å². The molecule has 1 aliphatic rings. The van der Waals surface area contributed by atoms with Gasteiger partial charge in [-0.2, -0.15) is 0 Å². The minimum atomic E-state index is -0.737. The number of thiophene rings is 1. The van der Waals surface area contributed by atoms with E-state index in [1.54, 1.807) is 23.3 Å². The number of aromatic nitrogens is 1. The molecular formula is C27H33N3O3S. The molecule has 3 aromatic rings. The minimum absolute atomic E-state index is 0.0849. The zero-order valence-corrected chi connectivity index (χ0v) is 20.7. The number of amides is 2. The van der Waals surface area contributed by atoms with Crippen LogP contribution in [0.1, 0.15) is 54.3 Å². The average molecular weight is 480 g/mol. The maximum Gasteiger partial charge on any atom is 0.249 e. The van der Waals surface area contributed by atoms with Crippen molar-refractivity contribution in [1.29, 1.82) is 0 Å². The number of benzene rings is 1. The number of methoxy groups -OCH3 is 1. The van der Waals surface area contributed by atoms with Gasteiger partial charge in [-0.25, -0.2) is 0 Å². The van der Waals surface area contributed by atoms with Gasteiger partial charge in [0.15, 0.2) is 6.04 Å². The molecule has 1 atom stereocenters. The molecule has 0 aliphatic heterocycles. The van der Waals surface area contributed by atoms with Crippen LogP contribution in [0.4, 0.5) is 0 Å². The molecule has 1 aromatic carbocycles. The number of hydrogen-bond donors (Lipinski definition) is 1. The number of ether oxygens (including phenoxy) is 1. The molecule has 0 saturated heterocycles. The van der Waals surface area contributed by atoms with Gasteiger partial charge in [0.05, 0.1) is 20.1 Å². The molecule has 180 valence electrons. The number of hydrogen-bond acceptors (Lipinski definition) is 4. The van der Waals surface area contributed by atoms with Crippen molar-refractivity contribution < 1.29 is 14.3 Å². The van der Waals surface area contributed by atoms with Crippen LogP contribution in [0.2, 0.25) is 0 Å². The van der Waals surface area contributed by atoms with Crippen molar-refractivity contribution in [1.82, 2.24) is 14.8 Å². The van der Waals surface area contributed by atoms with E-state index < -0.39 is 6.04 Å². The standard InChI is InChI=1S/C27H33N3O3S/c1-29-16-8-14-23(29)26(27(32)28-21-11-4-3-5-12-21)30(25(31)18-22-13-9-17-34-22)19-20-10-6-7-15-24(20)33-2/h6-10,13-17,21,26H,3-5,11-12,18-19H2,1-2H3,(H,28,32)/t26-/m0/s1. The van der Waals surface area contributed by atoms with Crippen LogP contribution in [0.15, 0.2) is 60.1 Å². The van der Waals surface area contributed by atoms with Crippen LogP contribution in [0.25, 0.3) is 0 Å². The maximum atomic E-state index is 13.8. The fourth-order valence-electron chi connectivity index (χ4n) is 4.73. The normalized spacial score (nSPS) is 15.0. The van der Waals surface area contributed by atoms with Gasteiger partial charge in [0.25, 0.3) is 0 Å². The highest BCUT2D eigenvalue weighted by Gasteiger charge is 2.35. The average Bonchev–Trinajstić information content (AvgIpc) is 3.51. The van der Waals surface area contributed by atoms with Gasteiger partial charge < -0.3 is 19.5 Å². The quantitative estimate of drug-likeness (QED) is 0.477. The largest absolute Gasteiger partial charge is 0.496 e. The Morgan fingerprint density at radius 3 is 2.59 bits per heavy atom. The zero-order valence-electron chi connectivity index (χ0n) is 19.9. The van der Waals surface area contributed by atoms with E-state index in [1.165, 1.54) is 6.42 Å². The summed E-state index contributed by atoms with van der Waals surface area (Å²) in [4.78, 5) is 30.3. The Morgan fingerprint density at radius 2 is 1.91 bits per heavy atom. The van der Waals surface area contributed by atoms with E-state index in [-0.39, 0.29) is 30.8 Å². The summed E-state index contributed by atoms with van der Waals surface area (Å²) in [5.41, 5.74) is 1.66. The number of carbonyl (C=O) groups is 2. The molecule has 7 heteroatoms. The Hall–Kier alpha value is -3.06. The first kappa shape index (κ1) is 24.1. The van der Waals surface area contributed by atoms with Crippen molar-refractivity contribution in [2.75, 3.05) is 7.11 Å². The number of nitrogens with zero attached hydrogens (tertiary/aromatic N) is 2. The molecule has 4 rings (SSSR count). The van der Waals surface area contributed by atoms with Crippen molar-refractivity contribution in [2.24, 2.45) is 7.05 Å². The second-order valence-corrected chi connectivity index (χ2v) is 9.91. The van der Waals surface area contributed by atoms with Gasteiger partial charge in [-0.1, -0.05) is 43.5 Å². The highest BCUT2D eigenvalue weighted by molar-refractivity contribution is 7.10. The third kappa shape index (κ3) is 5.70. The Balaban J connectivity index is 1.70. The predicted molar refractivity (Wildman–Crippen MR) is 135 cm³/mol. The molecule has 0 radical (unpaired) electrons. The first-order chi connectivity index (χ1) is 16.6. The molecule has 6 nitrogen and oxygen atoms in total. The minimum Gasteiger partial charge on any atom is -0.496 e. The van der Waals surface area contributed by atoms with E-state index in [0.29, 0.717) is 5.75 Å². The summed E-state index contributed by atoms with van der Waals surface area (Å²) in [6, 6.07) is 14.8. The summed E-state index contributed by atoms with van der Waals surface area (Å²) in [6.45, 7) is 0.280. The molecule has 1 N–H and O–H groups in total. The van der Waals surface area contributed by atoms with Crippen molar-refractivity contribution in [3.63, 3.8) is 0 Å². The van der Waals surface area contributed by atoms with Crippen molar-refractivity contribution in [3.8, 4) is 5.75 Å². The number of aryl methyl sites for hydroxylation is 1. The Morgan fingerprint density at radius 1 is 1.12 bits per heavy atom. The van der Waals surface area contributed by atoms with Gasteiger partial charge in [0.1, 0.15) is 5.75 Å². The summed E-state index contributed by atoms with van der Waals surface area (Å²) in [5.74, 6) is 0.497. The van der Waals surface area contributed by atoms with Crippen LogP contribution in [-0.4, -0.2) is 34.4 Å². The highest BCUT2D eigenvalue weighted by atomic mass is 32.1. The molecular weight excluding hydrogens is 446 g/mol. The Labute approximate surface area is 205 Å². The van der Waals surface area contributed by atoms with Gasteiger partial charge in [-0.05, 0) is 42.5 Å². The third-order valence-electron chi connectivity index (χ3n) is 6.53. The van der Waals surface area contributed by atoms with Crippen LogP contribution >= 0.6 is 11.3 Å². The predicted octanol–water partition coefficient (Wildman–Crippen LogP) is 4.86. The van der Waals surface area contributed by atoms with Crippen molar-refractivity contribution >= 4 is 23.2 Å². The van der Waals surface area contributed by atoms with E-state index in [2.05, 4.69) is 5.32 Å². The molecule has 2 amide bonds. The van der Waals surface area contributed by atoms with Crippen LogP contribution in [0, 0.1) is 0 Å². The van der Waals surface area contributed by atoms with Crippen LogP contribution in [0.5, 0.6) is 5.75 Å². The van der Waals surface area contributed by atoms with Gasteiger partial charge in [-0.3, -0.25) is 9.59 Å². The molecule has 1 fully saturated rings. The fraction of sp³-hybridized carbons (Fsp3) is 0.407. The monoisotopic (exact) mass is 479 g/mol. The lowest BCUT2D eigenvalue weighted by Crippen LogP contribution is -2.47. The fourth-order valence-corrected chi connectivity index (χ4v) is 5.42. The lowest BCUT2D eigenvalue weighted by atomic mass is 9.95. The lowest BCUT2D eigenvalue weighted by molar-refractivity contribution is -0.141. The molecule has 1 saturated carbocycles. The van der Waals surface area contributed by atoms with E-state index in [0.717, 1.165) is 41.8 Å². The van der Waals surface area contributed by atoms with E-state index in [9.17, 15) is 9.59 Å². The smallest absolute Gasteiger partial charge is 0.249 e. The summed E-state index contributed by atoms with van der Waals surface area (Å²) in [7, 11) is 3.54. The molecule has 34 heavy (non-hydrogen) atoms. The number of rotatable bonds is 9. The van der Waals surface area contributed by atoms with E-state index in [1.807, 2.05) is 71.7 Å². The Kier molecular flexibility index (Phi) is 8.06. The molecule has 0 unspecified atom stereocenters. The second-order valence-electron chi connectivity index (χ2n) is 8.88. The third-order valence-corrected chi connectivity index (χ3v) is 7.41. The van der Waals surface area contributed by atoms with Crippen molar-refractivity contribution in [3.05, 3.63) is 76.2 Å². The summed E-state index contributed by atoms with van der Waals surface area (Å²) in [5, 5.41) is 5.24. The molecule has 2 heterocycles. The van der Waals surface area contributed by atoms with Crippen LogP contribution in [0.3, 0.4) is 0 Å². The summed E-state index contributed by atoms with van der Waals surface area (Å²) >= 11 is 1.55. The molecule has 1 aliphatic carbocycles. The first-order valence-electron chi connectivity index (χ1n) is 11.9. The first-order valence-corrected chi connectivity index (χ1v) is 12.8. The topological polar surface area (TPSA) is 63.6 Å². The lowest BCUT2D eigenvalue weighted by Gasteiger charge is -2.34. The molecule has 2 aromatic heterocycles. The molecule has 0 spiro atoms. The summed E-state index contributed by atoms with van der Waals surface area (Å²) < 4.78 is 7.50. The maximum absolute atomic E-state index is 13.8. The van der Waals surface area contributed by atoms with E-state index in [4.69, 9.17) is 4.74 Å². The number of carbonyl (C=O) groups excluding carboxylic acids is 2. The van der Waals surface area contributed by atoms with E-state index >= 15 is 0 Å². The van der Waals surface area contributed by atoms with Gasteiger partial charge in [-0.15, -0.1) is 11.3 Å².